The van der Waals surface area contributed by atoms with Crippen molar-refractivity contribution < 1.29 is 4.79 Å². The number of aromatic amines is 1. The van der Waals surface area contributed by atoms with Crippen LogP contribution in [-0.4, -0.2) is 28.0 Å². The molecule has 1 aromatic rings. The lowest BCUT2D eigenvalue weighted by Crippen LogP contribution is -2.55. The molecule has 2 rings (SSSR count). The highest BCUT2D eigenvalue weighted by Gasteiger charge is 2.36. The van der Waals surface area contributed by atoms with Crippen LogP contribution in [0, 0.1) is 5.41 Å². The topological polar surface area (TPSA) is 96.0 Å². The molecule has 1 saturated heterocycles. The van der Waals surface area contributed by atoms with E-state index in [1.54, 1.807) is 0 Å². The van der Waals surface area contributed by atoms with E-state index in [-0.39, 0.29) is 30.0 Å². The SMILES string of the molecule is CC(C)n1cc(CNC(=O)C2NCCCC2(C)C)c(=O)[nH]c1=O. The number of rotatable bonds is 4. The molecule has 0 aliphatic carbocycles. The summed E-state index contributed by atoms with van der Waals surface area (Å²) >= 11 is 0. The van der Waals surface area contributed by atoms with Crippen LogP contribution in [0.25, 0.3) is 0 Å². The van der Waals surface area contributed by atoms with Crippen molar-refractivity contribution >= 4 is 5.91 Å². The largest absolute Gasteiger partial charge is 0.350 e. The van der Waals surface area contributed by atoms with Gasteiger partial charge in [0.05, 0.1) is 11.6 Å². The number of nitrogens with one attached hydrogen (secondary N) is 3. The molecule has 7 nitrogen and oxygen atoms in total. The first-order valence-electron chi connectivity index (χ1n) is 8.08. The monoisotopic (exact) mass is 322 g/mol. The van der Waals surface area contributed by atoms with E-state index in [2.05, 4.69) is 29.5 Å². The van der Waals surface area contributed by atoms with Gasteiger partial charge in [-0.05, 0) is 38.6 Å². The van der Waals surface area contributed by atoms with Crippen LogP contribution >= 0.6 is 0 Å². The van der Waals surface area contributed by atoms with E-state index in [1.807, 2.05) is 13.8 Å². The van der Waals surface area contributed by atoms with Crippen LogP contribution < -0.4 is 21.9 Å². The minimum Gasteiger partial charge on any atom is -0.350 e. The molecule has 7 heteroatoms. The summed E-state index contributed by atoms with van der Waals surface area (Å²) in [6.45, 7) is 8.77. The minimum atomic E-state index is -0.455. The van der Waals surface area contributed by atoms with Gasteiger partial charge < -0.3 is 10.6 Å². The van der Waals surface area contributed by atoms with E-state index in [1.165, 1.54) is 10.8 Å². The molecule has 23 heavy (non-hydrogen) atoms. The molecule has 1 aliphatic heterocycles. The molecule has 0 radical (unpaired) electrons. The number of nitrogens with zero attached hydrogens (tertiary/aromatic N) is 1. The van der Waals surface area contributed by atoms with Crippen molar-refractivity contribution in [1.82, 2.24) is 20.2 Å². The maximum absolute atomic E-state index is 12.4. The molecule has 1 amide bonds. The van der Waals surface area contributed by atoms with Gasteiger partial charge in [0.15, 0.2) is 0 Å². The van der Waals surface area contributed by atoms with Gasteiger partial charge in [0.1, 0.15) is 0 Å². The Bertz CT molecular complexity index is 687. The van der Waals surface area contributed by atoms with Crippen molar-refractivity contribution in [3.8, 4) is 0 Å². The van der Waals surface area contributed by atoms with Crippen LogP contribution in [0.5, 0.6) is 0 Å². The summed E-state index contributed by atoms with van der Waals surface area (Å²) in [5.41, 5.74) is -0.635. The van der Waals surface area contributed by atoms with E-state index in [9.17, 15) is 14.4 Å². The smallest absolute Gasteiger partial charge is 0.328 e. The fourth-order valence-corrected chi connectivity index (χ4v) is 2.98. The molecule has 128 valence electrons. The van der Waals surface area contributed by atoms with Gasteiger partial charge in [-0.25, -0.2) is 4.79 Å². The Balaban J connectivity index is 2.11. The number of amides is 1. The highest BCUT2D eigenvalue weighted by Crippen LogP contribution is 2.30. The Kier molecular flexibility index (Phi) is 5.09. The standard InChI is InChI=1S/C16H26N4O3/c1-10(2)20-9-11(13(21)19-15(20)23)8-18-14(22)12-16(3,4)6-5-7-17-12/h9-10,12,17H,5-8H2,1-4H3,(H,18,22)(H,19,21,23). The number of carbonyl (C=O) groups is 1. The predicted molar refractivity (Wildman–Crippen MR) is 88.4 cm³/mol. The van der Waals surface area contributed by atoms with E-state index < -0.39 is 11.2 Å². The van der Waals surface area contributed by atoms with E-state index in [0.717, 1.165) is 19.4 Å². The summed E-state index contributed by atoms with van der Waals surface area (Å²) < 4.78 is 1.45. The van der Waals surface area contributed by atoms with Crippen molar-refractivity contribution in [2.45, 2.75) is 59.2 Å². The Labute approximate surface area is 135 Å². The quantitative estimate of drug-likeness (QED) is 0.752. The molecule has 1 unspecified atom stereocenters. The van der Waals surface area contributed by atoms with Crippen LogP contribution in [0.1, 0.15) is 52.1 Å². The van der Waals surface area contributed by atoms with Crippen molar-refractivity contribution in [2.24, 2.45) is 5.41 Å². The molecule has 0 bridgehead atoms. The number of piperidine rings is 1. The summed E-state index contributed by atoms with van der Waals surface area (Å²) in [7, 11) is 0. The summed E-state index contributed by atoms with van der Waals surface area (Å²) in [6, 6.07) is -0.334. The highest BCUT2D eigenvalue weighted by molar-refractivity contribution is 5.82. The van der Waals surface area contributed by atoms with Crippen LogP contribution in [0.3, 0.4) is 0 Å². The average molecular weight is 322 g/mol. The normalized spacial score (nSPS) is 20.5. The Morgan fingerprint density at radius 3 is 2.74 bits per heavy atom. The highest BCUT2D eigenvalue weighted by atomic mass is 16.2. The molecule has 1 fully saturated rings. The van der Waals surface area contributed by atoms with Gasteiger partial charge in [-0.1, -0.05) is 13.8 Å². The Hall–Kier alpha value is -1.89. The number of hydrogen-bond acceptors (Lipinski definition) is 4. The van der Waals surface area contributed by atoms with E-state index in [0.29, 0.717) is 5.56 Å². The molecule has 3 N–H and O–H groups in total. The number of H-pyrrole nitrogens is 1. The predicted octanol–water partition coefficient (Wildman–Crippen LogP) is 0.512. The molecule has 0 saturated carbocycles. The third-order valence-corrected chi connectivity index (χ3v) is 4.44. The maximum atomic E-state index is 12.4. The van der Waals surface area contributed by atoms with Gasteiger partial charge in [0.2, 0.25) is 5.91 Å². The number of aromatic nitrogens is 2. The first-order valence-corrected chi connectivity index (χ1v) is 8.08. The van der Waals surface area contributed by atoms with Crippen LogP contribution in [-0.2, 0) is 11.3 Å². The van der Waals surface area contributed by atoms with Gasteiger partial charge in [0, 0.05) is 18.8 Å². The van der Waals surface area contributed by atoms with Crippen LogP contribution in [0.4, 0.5) is 0 Å². The zero-order valence-corrected chi connectivity index (χ0v) is 14.2. The van der Waals surface area contributed by atoms with Crippen molar-refractivity contribution in [3.05, 3.63) is 32.6 Å². The second-order valence-electron chi connectivity index (χ2n) is 7.11. The van der Waals surface area contributed by atoms with Crippen molar-refractivity contribution in [3.63, 3.8) is 0 Å². The first-order chi connectivity index (χ1) is 10.7. The molecular weight excluding hydrogens is 296 g/mol. The Morgan fingerprint density at radius 1 is 1.43 bits per heavy atom. The average Bonchev–Trinajstić information content (AvgIpc) is 2.45. The number of hydrogen-bond donors (Lipinski definition) is 3. The number of carbonyl (C=O) groups excluding carboxylic acids is 1. The second kappa shape index (κ2) is 6.70. The lowest BCUT2D eigenvalue weighted by atomic mass is 9.77. The molecule has 0 aromatic carbocycles. The fraction of sp³-hybridized carbons (Fsp3) is 0.688. The lowest BCUT2D eigenvalue weighted by molar-refractivity contribution is -0.126. The van der Waals surface area contributed by atoms with Crippen LogP contribution in [0.15, 0.2) is 15.8 Å². The molecule has 0 spiro atoms. The first kappa shape index (κ1) is 17.5. The molecule has 1 atom stereocenters. The molecule has 2 heterocycles. The van der Waals surface area contributed by atoms with Crippen molar-refractivity contribution in [1.29, 1.82) is 0 Å². The summed E-state index contributed by atoms with van der Waals surface area (Å²) in [4.78, 5) is 38.3. The van der Waals surface area contributed by atoms with E-state index >= 15 is 0 Å². The summed E-state index contributed by atoms with van der Waals surface area (Å²) in [5.74, 6) is -0.114. The summed E-state index contributed by atoms with van der Waals surface area (Å²) in [6.07, 6.45) is 3.55. The third kappa shape index (κ3) is 3.90. The van der Waals surface area contributed by atoms with Crippen molar-refractivity contribution in [2.75, 3.05) is 6.54 Å². The molecule has 1 aromatic heterocycles. The second-order valence-corrected chi connectivity index (χ2v) is 7.11. The van der Waals surface area contributed by atoms with Gasteiger partial charge in [-0.3, -0.25) is 19.1 Å². The van der Waals surface area contributed by atoms with Gasteiger partial charge in [0.25, 0.3) is 5.56 Å². The fourth-order valence-electron chi connectivity index (χ4n) is 2.98. The van der Waals surface area contributed by atoms with Gasteiger partial charge >= 0.3 is 5.69 Å². The van der Waals surface area contributed by atoms with Gasteiger partial charge in [-0.15, -0.1) is 0 Å². The zero-order chi connectivity index (χ0) is 17.2. The lowest BCUT2D eigenvalue weighted by Gasteiger charge is -2.38. The minimum absolute atomic E-state index is 0.0623. The Morgan fingerprint density at radius 2 is 2.13 bits per heavy atom. The maximum Gasteiger partial charge on any atom is 0.328 e. The zero-order valence-electron chi connectivity index (χ0n) is 14.2. The molecular formula is C16H26N4O3. The van der Waals surface area contributed by atoms with Crippen LogP contribution in [0.2, 0.25) is 0 Å². The van der Waals surface area contributed by atoms with E-state index in [4.69, 9.17) is 0 Å². The third-order valence-electron chi connectivity index (χ3n) is 4.44. The summed E-state index contributed by atoms with van der Waals surface area (Å²) in [5, 5.41) is 6.06. The molecule has 1 aliphatic rings. The van der Waals surface area contributed by atoms with Gasteiger partial charge in [-0.2, -0.15) is 0 Å².